The van der Waals surface area contributed by atoms with E-state index in [1.54, 1.807) is 24.3 Å². The van der Waals surface area contributed by atoms with Crippen molar-refractivity contribution in [3.63, 3.8) is 0 Å². The van der Waals surface area contributed by atoms with E-state index in [-0.39, 0.29) is 12.5 Å². The number of aryl methyl sites for hydroxylation is 1. The minimum absolute atomic E-state index is 0.149. The van der Waals surface area contributed by atoms with Crippen LogP contribution in [0, 0.1) is 0 Å². The Morgan fingerprint density at radius 3 is 2.71 bits per heavy atom. The molecule has 1 amide bonds. The first-order valence-electron chi connectivity index (χ1n) is 8.11. The molecule has 0 radical (unpaired) electrons. The maximum atomic E-state index is 12.5. The molecule has 0 spiro atoms. The van der Waals surface area contributed by atoms with Crippen LogP contribution in [0.4, 0.5) is 0 Å². The number of benzene rings is 2. The van der Waals surface area contributed by atoms with E-state index in [4.69, 9.17) is 0 Å². The lowest BCUT2D eigenvalue weighted by atomic mass is 9.96. The van der Waals surface area contributed by atoms with Gasteiger partial charge in [-0.1, -0.05) is 43.3 Å². The minimum Gasteiger partial charge on any atom is -0.383 e. The first-order valence-corrected chi connectivity index (χ1v) is 9.43. The number of rotatable bonds is 5. The molecule has 2 aromatic rings. The topological polar surface area (TPSA) is 66.4 Å². The molecule has 0 aliphatic heterocycles. The van der Waals surface area contributed by atoms with Gasteiger partial charge < -0.3 is 10.4 Å². The van der Waals surface area contributed by atoms with Crippen LogP contribution in [0.2, 0.25) is 0 Å². The lowest BCUT2D eigenvalue weighted by molar-refractivity contribution is 0.0369. The minimum atomic E-state index is -1.20. The Labute approximate surface area is 144 Å². The van der Waals surface area contributed by atoms with Crippen LogP contribution in [0.3, 0.4) is 0 Å². The number of hydrogen-bond acceptors (Lipinski definition) is 3. The van der Waals surface area contributed by atoms with Crippen LogP contribution in [0.1, 0.15) is 34.8 Å². The molecule has 1 aliphatic rings. The van der Waals surface area contributed by atoms with Crippen molar-refractivity contribution in [2.75, 3.05) is 12.3 Å². The summed E-state index contributed by atoms with van der Waals surface area (Å²) in [6, 6.07) is 14.7. The molecule has 0 fully saturated rings. The zero-order chi connectivity index (χ0) is 17.2. The van der Waals surface area contributed by atoms with Gasteiger partial charge in [-0.15, -0.1) is 0 Å². The first kappa shape index (κ1) is 16.9. The molecule has 2 N–H and O–H groups in total. The van der Waals surface area contributed by atoms with E-state index in [0.717, 1.165) is 17.5 Å². The number of carbonyl (C=O) groups excluding carboxylic acids is 1. The summed E-state index contributed by atoms with van der Waals surface area (Å²) in [6.45, 7) is 1.97. The van der Waals surface area contributed by atoms with Crippen LogP contribution < -0.4 is 5.32 Å². The highest BCUT2D eigenvalue weighted by Crippen LogP contribution is 2.36. The Morgan fingerprint density at radius 1 is 1.21 bits per heavy atom. The van der Waals surface area contributed by atoms with Crippen molar-refractivity contribution in [2.24, 2.45) is 0 Å². The van der Waals surface area contributed by atoms with Crippen molar-refractivity contribution in [1.29, 1.82) is 0 Å². The summed E-state index contributed by atoms with van der Waals surface area (Å²) in [4.78, 5) is 13.1. The van der Waals surface area contributed by atoms with Gasteiger partial charge >= 0.3 is 0 Å². The molecule has 2 atom stereocenters. The highest BCUT2D eigenvalue weighted by Gasteiger charge is 2.36. The Hall–Kier alpha value is -1.98. The van der Waals surface area contributed by atoms with Crippen molar-refractivity contribution in [3.05, 3.63) is 65.2 Å². The second-order valence-electron chi connectivity index (χ2n) is 6.00. The molecule has 0 heterocycles. The number of fused-ring (bicyclic) bond motifs is 1. The lowest BCUT2D eigenvalue weighted by Crippen LogP contribution is -2.39. The Kier molecular flexibility index (Phi) is 4.83. The summed E-state index contributed by atoms with van der Waals surface area (Å²) in [5, 5.41) is 13.7. The van der Waals surface area contributed by atoms with Crippen molar-refractivity contribution in [1.82, 2.24) is 5.32 Å². The normalized spacial score (nSPS) is 20.4. The molecule has 4 nitrogen and oxygen atoms in total. The molecule has 2 aromatic carbocycles. The van der Waals surface area contributed by atoms with Crippen molar-refractivity contribution < 1.29 is 14.1 Å². The van der Waals surface area contributed by atoms with E-state index in [0.29, 0.717) is 22.6 Å². The van der Waals surface area contributed by atoms with E-state index in [2.05, 4.69) is 5.32 Å². The summed E-state index contributed by atoms with van der Waals surface area (Å²) >= 11 is 0. The van der Waals surface area contributed by atoms with Gasteiger partial charge in [0.2, 0.25) is 0 Å². The highest BCUT2D eigenvalue weighted by atomic mass is 32.2. The van der Waals surface area contributed by atoms with Gasteiger partial charge in [0.15, 0.2) is 0 Å². The average Bonchev–Trinajstić information content (AvgIpc) is 2.97. The molecular formula is C19H21NO3S. The third kappa shape index (κ3) is 3.14. The lowest BCUT2D eigenvalue weighted by Gasteiger charge is -2.24. The standard InChI is InChI=1S/C19H21NO3S/c1-2-24(23)17-10-6-4-8-15(17)18(21)20-13-19(22)12-11-14-7-3-5-9-16(14)19/h3-10,22H,2,11-13H2,1H3,(H,20,21)/t19-,24-/m0/s1. The summed E-state index contributed by atoms with van der Waals surface area (Å²) in [5.41, 5.74) is 1.38. The third-order valence-corrected chi connectivity index (χ3v) is 5.88. The van der Waals surface area contributed by atoms with E-state index >= 15 is 0 Å². The van der Waals surface area contributed by atoms with Crippen LogP contribution in [0.15, 0.2) is 53.4 Å². The molecule has 0 bridgehead atoms. The fraction of sp³-hybridized carbons (Fsp3) is 0.316. The van der Waals surface area contributed by atoms with Gasteiger partial charge in [0, 0.05) is 5.75 Å². The van der Waals surface area contributed by atoms with Crippen molar-refractivity contribution >= 4 is 16.7 Å². The SMILES string of the molecule is CC[S@](=O)c1ccccc1C(=O)NC[C@@]1(O)CCc2ccccc21. The van der Waals surface area contributed by atoms with E-state index in [9.17, 15) is 14.1 Å². The molecular weight excluding hydrogens is 322 g/mol. The summed E-state index contributed by atoms with van der Waals surface area (Å²) in [6.07, 6.45) is 1.40. The number of hydrogen-bond donors (Lipinski definition) is 2. The maximum Gasteiger partial charge on any atom is 0.252 e. The largest absolute Gasteiger partial charge is 0.383 e. The van der Waals surface area contributed by atoms with E-state index in [1.165, 1.54) is 0 Å². The fourth-order valence-electron chi connectivity index (χ4n) is 3.18. The molecule has 24 heavy (non-hydrogen) atoms. The molecule has 0 saturated carbocycles. The van der Waals surface area contributed by atoms with Crippen LogP contribution in [-0.4, -0.2) is 27.5 Å². The molecule has 3 rings (SSSR count). The highest BCUT2D eigenvalue weighted by molar-refractivity contribution is 7.85. The molecule has 0 saturated heterocycles. The second-order valence-corrected chi connectivity index (χ2v) is 7.71. The van der Waals surface area contributed by atoms with E-state index in [1.807, 2.05) is 31.2 Å². The van der Waals surface area contributed by atoms with Gasteiger partial charge in [0.25, 0.3) is 5.91 Å². The Bertz CT molecular complexity index is 790. The molecule has 0 aromatic heterocycles. The molecule has 0 unspecified atom stereocenters. The predicted molar refractivity (Wildman–Crippen MR) is 94.4 cm³/mol. The van der Waals surface area contributed by atoms with Gasteiger partial charge in [-0.05, 0) is 36.1 Å². The predicted octanol–water partition coefficient (Wildman–Crippen LogP) is 2.38. The van der Waals surface area contributed by atoms with Gasteiger partial charge in [-0.3, -0.25) is 9.00 Å². The summed E-state index contributed by atoms with van der Waals surface area (Å²) in [7, 11) is -1.20. The van der Waals surface area contributed by atoms with Crippen LogP contribution in [0.5, 0.6) is 0 Å². The maximum absolute atomic E-state index is 12.5. The molecule has 126 valence electrons. The van der Waals surface area contributed by atoms with Crippen LogP contribution >= 0.6 is 0 Å². The van der Waals surface area contributed by atoms with Crippen molar-refractivity contribution in [2.45, 2.75) is 30.3 Å². The Morgan fingerprint density at radius 2 is 1.92 bits per heavy atom. The number of carbonyl (C=O) groups is 1. The van der Waals surface area contributed by atoms with Gasteiger partial charge in [-0.2, -0.15) is 0 Å². The number of aliphatic hydroxyl groups is 1. The zero-order valence-corrected chi connectivity index (χ0v) is 14.4. The second kappa shape index (κ2) is 6.87. The van der Waals surface area contributed by atoms with Gasteiger partial charge in [0.05, 0.1) is 27.8 Å². The average molecular weight is 343 g/mol. The Balaban J connectivity index is 1.77. The smallest absolute Gasteiger partial charge is 0.252 e. The molecule has 5 heteroatoms. The number of amides is 1. The zero-order valence-electron chi connectivity index (χ0n) is 13.6. The monoisotopic (exact) mass is 343 g/mol. The van der Waals surface area contributed by atoms with Gasteiger partial charge in [-0.25, -0.2) is 0 Å². The van der Waals surface area contributed by atoms with Gasteiger partial charge in [0.1, 0.15) is 5.60 Å². The van der Waals surface area contributed by atoms with Crippen LogP contribution in [-0.2, 0) is 22.8 Å². The quantitative estimate of drug-likeness (QED) is 0.876. The first-order chi connectivity index (χ1) is 11.5. The van der Waals surface area contributed by atoms with E-state index < -0.39 is 16.4 Å². The summed E-state index contributed by atoms with van der Waals surface area (Å²) < 4.78 is 12.1. The number of nitrogens with one attached hydrogen (secondary N) is 1. The fourth-order valence-corrected chi connectivity index (χ4v) is 4.13. The van der Waals surface area contributed by atoms with Crippen molar-refractivity contribution in [3.8, 4) is 0 Å². The van der Waals surface area contributed by atoms with Crippen LogP contribution in [0.25, 0.3) is 0 Å². The third-order valence-electron chi connectivity index (χ3n) is 4.51. The molecule has 1 aliphatic carbocycles. The summed E-state index contributed by atoms with van der Waals surface area (Å²) in [5.74, 6) is 0.159.